The van der Waals surface area contributed by atoms with Crippen LogP contribution in [-0.4, -0.2) is 34.0 Å². The van der Waals surface area contributed by atoms with Gasteiger partial charge in [0.15, 0.2) is 0 Å². The first-order valence-corrected chi connectivity index (χ1v) is 6.81. The van der Waals surface area contributed by atoms with Crippen molar-refractivity contribution >= 4 is 5.91 Å². The molecule has 0 spiro atoms. The Labute approximate surface area is 121 Å². The van der Waals surface area contributed by atoms with Crippen molar-refractivity contribution in [1.29, 1.82) is 0 Å². The van der Waals surface area contributed by atoms with Crippen molar-refractivity contribution in [1.82, 2.24) is 9.88 Å². The maximum Gasteiger partial charge on any atom is 0.256 e. The molecule has 1 N–H and O–H groups in total. The molecule has 2 aromatic rings. The zero-order chi connectivity index (χ0) is 14.8. The predicted octanol–water partition coefficient (Wildman–Crippen LogP) is 1.95. The van der Waals surface area contributed by atoms with Gasteiger partial charge in [-0.05, 0) is 23.6 Å². The molecule has 5 heteroatoms. The van der Waals surface area contributed by atoms with Crippen molar-refractivity contribution < 1.29 is 14.3 Å². The standard InChI is InChI=1S/C16H15FN2O2/c17-13-7-12(8-18-9-13)16(21)19-6-5-11-3-1-2-4-14(11)15(19)10-20/h1-4,7-9,15,20H,5-6,10H2/t15-/m0/s1. The van der Waals surface area contributed by atoms with Crippen LogP contribution in [0.15, 0.2) is 42.7 Å². The third-order valence-corrected chi connectivity index (χ3v) is 3.80. The van der Waals surface area contributed by atoms with E-state index in [1.807, 2.05) is 24.3 Å². The molecule has 1 aliphatic heterocycles. The van der Waals surface area contributed by atoms with Gasteiger partial charge in [-0.1, -0.05) is 24.3 Å². The lowest BCUT2D eigenvalue weighted by Crippen LogP contribution is -2.41. The number of nitrogens with zero attached hydrogens (tertiary/aromatic N) is 2. The SMILES string of the molecule is O=C(c1cncc(F)c1)N1CCc2ccccc2[C@@H]1CO. The molecule has 1 amide bonds. The van der Waals surface area contributed by atoms with Gasteiger partial charge in [0.05, 0.1) is 24.4 Å². The second kappa shape index (κ2) is 5.61. The van der Waals surface area contributed by atoms with Crippen LogP contribution in [-0.2, 0) is 6.42 Å². The normalized spacial score (nSPS) is 17.4. The highest BCUT2D eigenvalue weighted by molar-refractivity contribution is 5.94. The molecule has 1 atom stereocenters. The number of carbonyl (C=O) groups is 1. The zero-order valence-corrected chi connectivity index (χ0v) is 11.4. The molecule has 0 bridgehead atoms. The summed E-state index contributed by atoms with van der Waals surface area (Å²) < 4.78 is 13.2. The molecule has 1 aromatic carbocycles. The minimum Gasteiger partial charge on any atom is -0.394 e. The highest BCUT2D eigenvalue weighted by atomic mass is 19.1. The Balaban J connectivity index is 1.94. The summed E-state index contributed by atoms with van der Waals surface area (Å²) in [5, 5.41) is 9.68. The van der Waals surface area contributed by atoms with E-state index in [-0.39, 0.29) is 18.1 Å². The van der Waals surface area contributed by atoms with Crippen molar-refractivity contribution in [3.05, 3.63) is 65.2 Å². The molecule has 0 saturated carbocycles. The fourth-order valence-electron chi connectivity index (χ4n) is 2.79. The van der Waals surface area contributed by atoms with E-state index < -0.39 is 11.9 Å². The molecule has 21 heavy (non-hydrogen) atoms. The van der Waals surface area contributed by atoms with E-state index in [9.17, 15) is 14.3 Å². The molecule has 2 heterocycles. The van der Waals surface area contributed by atoms with E-state index in [2.05, 4.69) is 4.98 Å². The summed E-state index contributed by atoms with van der Waals surface area (Å²) >= 11 is 0. The summed E-state index contributed by atoms with van der Waals surface area (Å²) in [5.74, 6) is -0.852. The van der Waals surface area contributed by atoms with Crippen LogP contribution >= 0.6 is 0 Å². The molecular formula is C16H15FN2O2. The maximum atomic E-state index is 13.2. The van der Waals surface area contributed by atoms with Crippen LogP contribution < -0.4 is 0 Å². The third kappa shape index (κ3) is 2.52. The van der Waals surface area contributed by atoms with Crippen LogP contribution in [0.3, 0.4) is 0 Å². The van der Waals surface area contributed by atoms with E-state index >= 15 is 0 Å². The topological polar surface area (TPSA) is 53.4 Å². The molecule has 0 radical (unpaired) electrons. The summed E-state index contributed by atoms with van der Waals surface area (Å²) in [7, 11) is 0. The Morgan fingerprint density at radius 2 is 2.19 bits per heavy atom. The third-order valence-electron chi connectivity index (χ3n) is 3.80. The van der Waals surface area contributed by atoms with Crippen LogP contribution in [0.25, 0.3) is 0 Å². The molecule has 3 rings (SSSR count). The molecule has 0 aliphatic carbocycles. The van der Waals surface area contributed by atoms with Crippen LogP contribution in [0.2, 0.25) is 0 Å². The number of aliphatic hydroxyl groups is 1. The van der Waals surface area contributed by atoms with E-state index in [0.717, 1.165) is 23.7 Å². The number of hydrogen-bond acceptors (Lipinski definition) is 3. The number of benzene rings is 1. The fraction of sp³-hybridized carbons (Fsp3) is 0.250. The Morgan fingerprint density at radius 3 is 2.95 bits per heavy atom. The number of aromatic nitrogens is 1. The van der Waals surface area contributed by atoms with Crippen LogP contribution in [0, 0.1) is 5.82 Å². The molecule has 0 fully saturated rings. The zero-order valence-electron chi connectivity index (χ0n) is 11.4. The van der Waals surface area contributed by atoms with Crippen LogP contribution in [0.1, 0.15) is 27.5 Å². The average Bonchev–Trinajstić information content (AvgIpc) is 2.53. The molecule has 1 aliphatic rings. The monoisotopic (exact) mass is 286 g/mol. The van der Waals surface area contributed by atoms with E-state index in [1.54, 1.807) is 4.90 Å². The summed E-state index contributed by atoms with van der Waals surface area (Å²) in [4.78, 5) is 17.8. The minimum absolute atomic E-state index is 0.161. The van der Waals surface area contributed by atoms with Gasteiger partial charge in [0.25, 0.3) is 5.91 Å². The van der Waals surface area contributed by atoms with E-state index in [4.69, 9.17) is 0 Å². The van der Waals surface area contributed by atoms with Gasteiger partial charge in [0, 0.05) is 12.7 Å². The Bertz CT molecular complexity index is 675. The smallest absolute Gasteiger partial charge is 0.256 e. The van der Waals surface area contributed by atoms with E-state index in [1.165, 1.54) is 12.3 Å². The minimum atomic E-state index is -0.543. The lowest BCUT2D eigenvalue weighted by atomic mass is 9.92. The van der Waals surface area contributed by atoms with Gasteiger partial charge in [-0.2, -0.15) is 0 Å². The van der Waals surface area contributed by atoms with Crippen molar-refractivity contribution in [2.75, 3.05) is 13.2 Å². The van der Waals surface area contributed by atoms with Crippen molar-refractivity contribution in [2.24, 2.45) is 0 Å². The van der Waals surface area contributed by atoms with Gasteiger partial charge >= 0.3 is 0 Å². The molecule has 0 unspecified atom stereocenters. The Morgan fingerprint density at radius 1 is 1.38 bits per heavy atom. The number of hydrogen-bond donors (Lipinski definition) is 1. The quantitative estimate of drug-likeness (QED) is 0.918. The van der Waals surface area contributed by atoms with Crippen LogP contribution in [0.4, 0.5) is 4.39 Å². The fourth-order valence-corrected chi connectivity index (χ4v) is 2.79. The first kappa shape index (κ1) is 13.7. The van der Waals surface area contributed by atoms with Crippen molar-refractivity contribution in [2.45, 2.75) is 12.5 Å². The largest absolute Gasteiger partial charge is 0.394 e. The molecule has 1 aromatic heterocycles. The highest BCUT2D eigenvalue weighted by Gasteiger charge is 2.30. The molecule has 4 nitrogen and oxygen atoms in total. The summed E-state index contributed by atoms with van der Waals surface area (Å²) in [6, 6.07) is 8.53. The van der Waals surface area contributed by atoms with Gasteiger partial charge in [0.2, 0.25) is 0 Å². The number of pyridine rings is 1. The molecule has 0 saturated heterocycles. The first-order chi connectivity index (χ1) is 10.2. The summed E-state index contributed by atoms with van der Waals surface area (Å²) in [5.41, 5.74) is 2.29. The highest BCUT2D eigenvalue weighted by Crippen LogP contribution is 2.30. The second-order valence-electron chi connectivity index (χ2n) is 5.04. The first-order valence-electron chi connectivity index (χ1n) is 6.81. The summed E-state index contributed by atoms with van der Waals surface area (Å²) in [6.45, 7) is 0.336. The molecule has 108 valence electrons. The number of fused-ring (bicyclic) bond motifs is 1. The lowest BCUT2D eigenvalue weighted by molar-refractivity contribution is 0.0567. The lowest BCUT2D eigenvalue weighted by Gasteiger charge is -2.36. The Kier molecular flexibility index (Phi) is 3.66. The van der Waals surface area contributed by atoms with Gasteiger partial charge in [-0.3, -0.25) is 9.78 Å². The number of amides is 1. The van der Waals surface area contributed by atoms with Gasteiger partial charge < -0.3 is 10.0 Å². The van der Waals surface area contributed by atoms with Crippen LogP contribution in [0.5, 0.6) is 0 Å². The molecular weight excluding hydrogens is 271 g/mol. The van der Waals surface area contributed by atoms with Gasteiger partial charge in [-0.25, -0.2) is 4.39 Å². The number of rotatable bonds is 2. The van der Waals surface area contributed by atoms with Crippen molar-refractivity contribution in [3.8, 4) is 0 Å². The summed E-state index contributed by atoms with van der Waals surface area (Å²) in [6.07, 6.45) is 3.13. The number of carbonyl (C=O) groups excluding carboxylic acids is 1. The van der Waals surface area contributed by atoms with Crippen molar-refractivity contribution in [3.63, 3.8) is 0 Å². The number of aliphatic hydroxyl groups excluding tert-OH is 1. The van der Waals surface area contributed by atoms with Gasteiger partial charge in [-0.15, -0.1) is 0 Å². The second-order valence-corrected chi connectivity index (χ2v) is 5.04. The van der Waals surface area contributed by atoms with Gasteiger partial charge in [0.1, 0.15) is 5.82 Å². The maximum absolute atomic E-state index is 13.2. The van der Waals surface area contributed by atoms with E-state index in [0.29, 0.717) is 6.54 Å². The average molecular weight is 286 g/mol. The predicted molar refractivity (Wildman–Crippen MR) is 75.2 cm³/mol. The Hall–Kier alpha value is -2.27. The number of halogens is 1.